The van der Waals surface area contributed by atoms with Gasteiger partial charge in [-0.05, 0) is 18.6 Å². The Morgan fingerprint density at radius 1 is 1.57 bits per heavy atom. The van der Waals surface area contributed by atoms with Crippen molar-refractivity contribution in [2.75, 3.05) is 0 Å². The van der Waals surface area contributed by atoms with E-state index in [9.17, 15) is 4.79 Å². The summed E-state index contributed by atoms with van der Waals surface area (Å²) in [4.78, 5) is 10.8. The molecule has 0 amide bonds. The Morgan fingerprint density at radius 2 is 2.14 bits per heavy atom. The second-order valence-corrected chi connectivity index (χ2v) is 4.35. The molecule has 0 unspecified atom stereocenters. The van der Waals surface area contributed by atoms with E-state index in [1.807, 2.05) is 24.3 Å². The molecular formula is C10H12BrNO2. The van der Waals surface area contributed by atoms with Crippen LogP contribution in [0.5, 0.6) is 0 Å². The second kappa shape index (κ2) is 4.11. The van der Waals surface area contributed by atoms with Crippen LogP contribution in [0.3, 0.4) is 0 Å². The number of carboxylic acids is 1. The summed E-state index contributed by atoms with van der Waals surface area (Å²) >= 11 is 3.35. The summed E-state index contributed by atoms with van der Waals surface area (Å²) in [6, 6.07) is 7.46. The van der Waals surface area contributed by atoms with E-state index >= 15 is 0 Å². The van der Waals surface area contributed by atoms with Gasteiger partial charge in [0.25, 0.3) is 0 Å². The molecule has 14 heavy (non-hydrogen) atoms. The SMILES string of the molecule is C[C@](N)(Cc1ccccc1Br)C(=O)O. The monoisotopic (exact) mass is 257 g/mol. The number of benzene rings is 1. The van der Waals surface area contributed by atoms with E-state index in [1.54, 1.807) is 0 Å². The molecule has 1 aromatic rings. The lowest BCUT2D eigenvalue weighted by Crippen LogP contribution is -2.46. The van der Waals surface area contributed by atoms with Gasteiger partial charge in [0.1, 0.15) is 5.54 Å². The number of carbonyl (C=O) groups is 1. The van der Waals surface area contributed by atoms with Crippen LogP contribution in [0.4, 0.5) is 0 Å². The summed E-state index contributed by atoms with van der Waals surface area (Å²) in [5, 5.41) is 8.85. The number of hydrogen-bond donors (Lipinski definition) is 2. The van der Waals surface area contributed by atoms with Gasteiger partial charge in [0.2, 0.25) is 0 Å². The van der Waals surface area contributed by atoms with Gasteiger partial charge in [-0.3, -0.25) is 4.79 Å². The Bertz CT molecular complexity index is 350. The van der Waals surface area contributed by atoms with Crippen molar-refractivity contribution in [1.82, 2.24) is 0 Å². The normalized spacial score (nSPS) is 14.8. The minimum absolute atomic E-state index is 0.309. The number of halogens is 1. The molecule has 0 bridgehead atoms. The molecule has 0 fully saturated rings. The molecule has 3 nitrogen and oxygen atoms in total. The lowest BCUT2D eigenvalue weighted by atomic mass is 9.94. The summed E-state index contributed by atoms with van der Waals surface area (Å²) < 4.78 is 0.887. The summed E-state index contributed by atoms with van der Waals surface area (Å²) in [5.74, 6) is -0.992. The lowest BCUT2D eigenvalue weighted by Gasteiger charge is -2.19. The molecule has 0 radical (unpaired) electrons. The highest BCUT2D eigenvalue weighted by atomic mass is 79.9. The zero-order valence-corrected chi connectivity index (χ0v) is 9.41. The van der Waals surface area contributed by atoms with Gasteiger partial charge in [-0.15, -0.1) is 0 Å². The van der Waals surface area contributed by atoms with Gasteiger partial charge in [0.15, 0.2) is 0 Å². The molecule has 0 aliphatic rings. The molecule has 1 aromatic carbocycles. The highest BCUT2D eigenvalue weighted by Crippen LogP contribution is 2.20. The molecule has 1 rings (SSSR count). The maximum Gasteiger partial charge on any atom is 0.323 e. The fourth-order valence-corrected chi connectivity index (χ4v) is 1.54. The van der Waals surface area contributed by atoms with E-state index in [0.29, 0.717) is 6.42 Å². The molecule has 3 N–H and O–H groups in total. The van der Waals surface area contributed by atoms with Crippen molar-refractivity contribution in [3.8, 4) is 0 Å². The van der Waals surface area contributed by atoms with Gasteiger partial charge in [-0.2, -0.15) is 0 Å². The van der Waals surface area contributed by atoms with Crippen LogP contribution in [0.15, 0.2) is 28.7 Å². The Hall–Kier alpha value is -0.870. The second-order valence-electron chi connectivity index (χ2n) is 3.49. The van der Waals surface area contributed by atoms with E-state index in [0.717, 1.165) is 10.0 Å². The number of rotatable bonds is 3. The zero-order valence-electron chi connectivity index (χ0n) is 7.83. The maximum absolute atomic E-state index is 10.8. The first-order valence-corrected chi connectivity index (χ1v) is 4.98. The van der Waals surface area contributed by atoms with Crippen LogP contribution in [0.1, 0.15) is 12.5 Å². The van der Waals surface area contributed by atoms with Crippen molar-refractivity contribution in [3.05, 3.63) is 34.3 Å². The van der Waals surface area contributed by atoms with Gasteiger partial charge >= 0.3 is 5.97 Å². The highest BCUT2D eigenvalue weighted by Gasteiger charge is 2.28. The van der Waals surface area contributed by atoms with Gasteiger partial charge in [-0.25, -0.2) is 0 Å². The minimum atomic E-state index is -1.22. The van der Waals surface area contributed by atoms with Crippen LogP contribution in [0.25, 0.3) is 0 Å². The fourth-order valence-electron chi connectivity index (χ4n) is 1.11. The van der Waals surface area contributed by atoms with Crippen molar-refractivity contribution in [2.45, 2.75) is 18.9 Å². The Morgan fingerprint density at radius 3 is 2.64 bits per heavy atom. The van der Waals surface area contributed by atoms with Crippen LogP contribution in [0, 0.1) is 0 Å². The number of hydrogen-bond acceptors (Lipinski definition) is 2. The van der Waals surface area contributed by atoms with Crippen LogP contribution < -0.4 is 5.73 Å². The number of aliphatic carboxylic acids is 1. The van der Waals surface area contributed by atoms with Crippen LogP contribution in [0.2, 0.25) is 0 Å². The molecule has 0 saturated heterocycles. The molecule has 0 aliphatic heterocycles. The van der Waals surface area contributed by atoms with E-state index < -0.39 is 11.5 Å². The molecule has 1 atom stereocenters. The van der Waals surface area contributed by atoms with Gasteiger partial charge in [0, 0.05) is 10.9 Å². The summed E-state index contributed by atoms with van der Waals surface area (Å²) in [5.41, 5.74) is 5.32. The van der Waals surface area contributed by atoms with E-state index in [1.165, 1.54) is 6.92 Å². The zero-order chi connectivity index (χ0) is 10.8. The molecule has 0 aromatic heterocycles. The third kappa shape index (κ3) is 2.56. The van der Waals surface area contributed by atoms with Crippen LogP contribution in [-0.4, -0.2) is 16.6 Å². The van der Waals surface area contributed by atoms with Crippen molar-refractivity contribution in [2.24, 2.45) is 5.73 Å². The quantitative estimate of drug-likeness (QED) is 0.868. The van der Waals surface area contributed by atoms with Crippen molar-refractivity contribution >= 4 is 21.9 Å². The largest absolute Gasteiger partial charge is 0.480 e. The molecule has 0 heterocycles. The van der Waals surface area contributed by atoms with Gasteiger partial charge < -0.3 is 10.8 Å². The Kier molecular flexibility index (Phi) is 3.29. The van der Waals surface area contributed by atoms with Crippen LogP contribution >= 0.6 is 15.9 Å². The van der Waals surface area contributed by atoms with Crippen molar-refractivity contribution in [1.29, 1.82) is 0 Å². The fraction of sp³-hybridized carbons (Fsp3) is 0.300. The van der Waals surface area contributed by atoms with Gasteiger partial charge in [-0.1, -0.05) is 34.1 Å². The number of carboxylic acid groups (broad SMARTS) is 1. The van der Waals surface area contributed by atoms with Crippen LogP contribution in [-0.2, 0) is 11.2 Å². The van der Waals surface area contributed by atoms with E-state index in [2.05, 4.69) is 15.9 Å². The third-order valence-electron chi connectivity index (χ3n) is 2.00. The van der Waals surface area contributed by atoms with E-state index in [4.69, 9.17) is 10.8 Å². The molecule has 76 valence electrons. The highest BCUT2D eigenvalue weighted by molar-refractivity contribution is 9.10. The Labute approximate surface area is 91.1 Å². The average Bonchev–Trinajstić information content (AvgIpc) is 2.08. The summed E-state index contributed by atoms with van der Waals surface area (Å²) in [6.07, 6.45) is 0.309. The predicted octanol–water partition coefficient (Wildman–Crippen LogP) is 1.79. The molecule has 0 spiro atoms. The predicted molar refractivity (Wildman–Crippen MR) is 58.1 cm³/mol. The van der Waals surface area contributed by atoms with Gasteiger partial charge in [0.05, 0.1) is 0 Å². The molecule has 0 aliphatic carbocycles. The summed E-state index contributed by atoms with van der Waals surface area (Å²) in [6.45, 7) is 1.51. The van der Waals surface area contributed by atoms with E-state index in [-0.39, 0.29) is 0 Å². The molecular weight excluding hydrogens is 246 g/mol. The van der Waals surface area contributed by atoms with Crippen molar-refractivity contribution < 1.29 is 9.90 Å². The number of nitrogens with two attached hydrogens (primary N) is 1. The lowest BCUT2D eigenvalue weighted by molar-refractivity contribution is -0.142. The summed E-state index contributed by atoms with van der Waals surface area (Å²) in [7, 11) is 0. The molecule has 4 heteroatoms. The Balaban J connectivity index is 2.89. The first-order chi connectivity index (χ1) is 6.43. The standard InChI is InChI=1S/C10H12BrNO2/c1-10(12,9(13)14)6-7-4-2-3-5-8(7)11/h2-5H,6,12H2,1H3,(H,13,14)/t10-/m0/s1. The third-order valence-corrected chi connectivity index (χ3v) is 2.78. The first kappa shape index (κ1) is 11.2. The molecule has 0 saturated carbocycles. The minimum Gasteiger partial charge on any atom is -0.480 e. The maximum atomic E-state index is 10.8. The smallest absolute Gasteiger partial charge is 0.323 e. The van der Waals surface area contributed by atoms with Crippen molar-refractivity contribution in [3.63, 3.8) is 0 Å². The first-order valence-electron chi connectivity index (χ1n) is 4.19. The average molecular weight is 258 g/mol. The topological polar surface area (TPSA) is 63.3 Å².